The number of hydrogen-bond acceptors (Lipinski definition) is 5. The lowest BCUT2D eigenvalue weighted by atomic mass is 10.2. The molecule has 0 aromatic heterocycles. The Morgan fingerprint density at radius 3 is 2.38 bits per heavy atom. The summed E-state index contributed by atoms with van der Waals surface area (Å²) in [6, 6.07) is 11.4. The highest BCUT2D eigenvalue weighted by Crippen LogP contribution is 2.28. The largest absolute Gasteiger partial charge is 0.375 e. The van der Waals surface area contributed by atoms with Gasteiger partial charge < -0.3 is 5.32 Å². The van der Waals surface area contributed by atoms with E-state index in [4.69, 9.17) is 0 Å². The molecule has 2 aromatic carbocycles. The van der Waals surface area contributed by atoms with Crippen LogP contribution < -0.4 is 5.32 Å². The summed E-state index contributed by atoms with van der Waals surface area (Å²) in [6.45, 7) is 1.49. The summed E-state index contributed by atoms with van der Waals surface area (Å²) in [5.41, 5.74) is 1.22. The van der Waals surface area contributed by atoms with Gasteiger partial charge in [-0.05, 0) is 42.7 Å². The lowest BCUT2D eigenvalue weighted by Gasteiger charge is -2.15. The number of nitro groups is 1. The number of nitrogens with zero attached hydrogens (tertiary/aromatic N) is 2. The van der Waals surface area contributed by atoms with Crippen LogP contribution in [0.1, 0.15) is 18.4 Å². The van der Waals surface area contributed by atoms with Gasteiger partial charge in [-0.2, -0.15) is 4.31 Å². The Labute approximate surface area is 160 Å². The SMILES string of the molecule is O=[N+]([O-])c1cc(Br)ccc1NCc1ccc(S(=O)(=O)N2CCCC2)cc1. The third kappa shape index (κ3) is 4.05. The van der Waals surface area contributed by atoms with E-state index in [1.807, 2.05) is 0 Å². The molecular formula is C17H18BrN3O4S. The van der Waals surface area contributed by atoms with Gasteiger partial charge in [0.05, 0.1) is 9.82 Å². The van der Waals surface area contributed by atoms with Gasteiger partial charge in [0.15, 0.2) is 0 Å². The first kappa shape index (κ1) is 18.8. The maximum Gasteiger partial charge on any atom is 0.293 e. The highest BCUT2D eigenvalue weighted by atomic mass is 79.9. The van der Waals surface area contributed by atoms with Crippen LogP contribution in [0.3, 0.4) is 0 Å². The molecule has 3 rings (SSSR count). The molecule has 26 heavy (non-hydrogen) atoms. The van der Waals surface area contributed by atoms with Crippen LogP contribution in [0.2, 0.25) is 0 Å². The Hall–Kier alpha value is -1.97. The highest BCUT2D eigenvalue weighted by molar-refractivity contribution is 9.10. The van der Waals surface area contributed by atoms with Crippen molar-refractivity contribution in [2.45, 2.75) is 24.3 Å². The van der Waals surface area contributed by atoms with E-state index in [1.54, 1.807) is 36.4 Å². The normalized spacial score (nSPS) is 15.1. The van der Waals surface area contributed by atoms with Crippen molar-refractivity contribution in [2.24, 2.45) is 0 Å². The molecule has 138 valence electrons. The standard InChI is InChI=1S/C17H18BrN3O4S/c18-14-5-8-16(17(11-14)21(22)23)19-12-13-3-6-15(7-4-13)26(24,25)20-9-1-2-10-20/h3-8,11,19H,1-2,9-10,12H2. The smallest absolute Gasteiger partial charge is 0.293 e. The number of nitro benzene ring substituents is 1. The molecule has 0 spiro atoms. The summed E-state index contributed by atoms with van der Waals surface area (Å²) in [4.78, 5) is 11.0. The second kappa shape index (κ2) is 7.73. The van der Waals surface area contributed by atoms with Crippen molar-refractivity contribution in [3.8, 4) is 0 Å². The number of halogens is 1. The second-order valence-electron chi connectivity index (χ2n) is 6.03. The molecule has 1 saturated heterocycles. The van der Waals surface area contributed by atoms with Gasteiger partial charge in [0.25, 0.3) is 5.69 Å². The lowest BCUT2D eigenvalue weighted by Crippen LogP contribution is -2.27. The minimum atomic E-state index is -3.43. The molecule has 0 radical (unpaired) electrons. The van der Waals surface area contributed by atoms with Crippen LogP contribution in [-0.2, 0) is 16.6 Å². The van der Waals surface area contributed by atoms with E-state index in [-0.39, 0.29) is 10.6 Å². The first-order valence-corrected chi connectivity index (χ1v) is 10.4. The van der Waals surface area contributed by atoms with Gasteiger partial charge in [0.2, 0.25) is 10.0 Å². The Balaban J connectivity index is 1.72. The predicted molar refractivity (Wildman–Crippen MR) is 103 cm³/mol. The number of hydrogen-bond donors (Lipinski definition) is 1. The summed E-state index contributed by atoms with van der Waals surface area (Å²) in [6.07, 6.45) is 1.79. The summed E-state index contributed by atoms with van der Waals surface area (Å²) in [5.74, 6) is 0. The zero-order valence-corrected chi connectivity index (χ0v) is 16.3. The van der Waals surface area contributed by atoms with Crippen molar-refractivity contribution in [2.75, 3.05) is 18.4 Å². The fraction of sp³-hybridized carbons (Fsp3) is 0.294. The Bertz CT molecular complexity index is 910. The van der Waals surface area contributed by atoms with E-state index in [0.717, 1.165) is 18.4 Å². The van der Waals surface area contributed by atoms with Crippen molar-refractivity contribution in [1.29, 1.82) is 0 Å². The van der Waals surface area contributed by atoms with Crippen LogP contribution >= 0.6 is 15.9 Å². The fourth-order valence-corrected chi connectivity index (χ4v) is 4.73. The van der Waals surface area contributed by atoms with Gasteiger partial charge in [-0.15, -0.1) is 0 Å². The van der Waals surface area contributed by atoms with Gasteiger partial charge in [-0.3, -0.25) is 10.1 Å². The van der Waals surface area contributed by atoms with Crippen molar-refractivity contribution in [1.82, 2.24) is 4.31 Å². The number of nitrogens with one attached hydrogen (secondary N) is 1. The highest BCUT2D eigenvalue weighted by Gasteiger charge is 2.26. The molecule has 0 amide bonds. The van der Waals surface area contributed by atoms with Gasteiger partial charge in [0, 0.05) is 30.2 Å². The number of sulfonamides is 1. The van der Waals surface area contributed by atoms with Crippen LogP contribution in [-0.4, -0.2) is 30.7 Å². The molecule has 1 aliphatic rings. The van der Waals surface area contributed by atoms with Gasteiger partial charge in [-0.25, -0.2) is 8.42 Å². The van der Waals surface area contributed by atoms with Gasteiger partial charge in [-0.1, -0.05) is 28.1 Å². The van der Waals surface area contributed by atoms with Crippen LogP contribution in [0.5, 0.6) is 0 Å². The first-order valence-electron chi connectivity index (χ1n) is 8.15. The zero-order chi connectivity index (χ0) is 18.7. The van der Waals surface area contributed by atoms with Crippen molar-refractivity contribution in [3.05, 3.63) is 62.6 Å². The summed E-state index contributed by atoms with van der Waals surface area (Å²) in [5, 5.41) is 14.2. The van der Waals surface area contributed by atoms with Gasteiger partial charge in [0.1, 0.15) is 5.69 Å². The van der Waals surface area contributed by atoms with Crippen LogP contribution in [0.25, 0.3) is 0 Å². The molecule has 1 aliphatic heterocycles. The molecule has 0 bridgehead atoms. The number of anilines is 1. The van der Waals surface area contributed by atoms with Gasteiger partial charge >= 0.3 is 0 Å². The number of benzene rings is 2. The molecule has 1 heterocycles. The van der Waals surface area contributed by atoms with Crippen molar-refractivity contribution in [3.63, 3.8) is 0 Å². The van der Waals surface area contributed by atoms with Crippen molar-refractivity contribution >= 4 is 37.3 Å². The van der Waals surface area contributed by atoms with E-state index in [1.165, 1.54) is 10.4 Å². The summed E-state index contributed by atoms with van der Waals surface area (Å²) >= 11 is 3.22. The molecule has 0 atom stereocenters. The van der Waals surface area contributed by atoms with E-state index >= 15 is 0 Å². The topological polar surface area (TPSA) is 92.5 Å². The molecule has 0 aliphatic carbocycles. The molecule has 0 unspecified atom stereocenters. The third-order valence-electron chi connectivity index (χ3n) is 4.27. The Kier molecular flexibility index (Phi) is 5.59. The molecule has 1 fully saturated rings. The molecule has 0 saturated carbocycles. The first-order chi connectivity index (χ1) is 12.4. The monoisotopic (exact) mass is 439 g/mol. The minimum Gasteiger partial charge on any atom is -0.375 e. The van der Waals surface area contributed by atoms with Crippen LogP contribution in [0.15, 0.2) is 51.8 Å². The summed E-state index contributed by atoms with van der Waals surface area (Å²) < 4.78 is 27.2. The van der Waals surface area contributed by atoms with Crippen LogP contribution in [0, 0.1) is 10.1 Å². The average Bonchev–Trinajstić information content (AvgIpc) is 3.16. The molecule has 9 heteroatoms. The minimum absolute atomic E-state index is 0.0207. The fourth-order valence-electron chi connectivity index (χ4n) is 2.86. The number of rotatable bonds is 6. The predicted octanol–water partition coefficient (Wildman–Crippen LogP) is 3.75. The van der Waals surface area contributed by atoms with E-state index < -0.39 is 14.9 Å². The molecular weight excluding hydrogens is 422 g/mol. The van der Waals surface area contributed by atoms with E-state index in [2.05, 4.69) is 21.2 Å². The average molecular weight is 440 g/mol. The molecule has 2 aromatic rings. The van der Waals surface area contributed by atoms with E-state index in [0.29, 0.717) is 29.8 Å². The zero-order valence-electron chi connectivity index (χ0n) is 13.9. The lowest BCUT2D eigenvalue weighted by molar-refractivity contribution is -0.384. The Morgan fingerprint density at radius 2 is 1.77 bits per heavy atom. The maximum atomic E-state index is 12.5. The summed E-state index contributed by atoms with van der Waals surface area (Å²) in [7, 11) is -3.43. The van der Waals surface area contributed by atoms with E-state index in [9.17, 15) is 18.5 Å². The Morgan fingerprint density at radius 1 is 1.12 bits per heavy atom. The molecule has 1 N–H and O–H groups in total. The maximum absolute atomic E-state index is 12.5. The third-order valence-corrected chi connectivity index (χ3v) is 6.67. The second-order valence-corrected chi connectivity index (χ2v) is 8.88. The molecule has 7 nitrogen and oxygen atoms in total. The van der Waals surface area contributed by atoms with Crippen LogP contribution in [0.4, 0.5) is 11.4 Å². The quantitative estimate of drug-likeness (QED) is 0.546. The van der Waals surface area contributed by atoms with Crippen molar-refractivity contribution < 1.29 is 13.3 Å².